The van der Waals surface area contributed by atoms with Gasteiger partial charge in [-0.15, -0.1) is 10.2 Å². The molecule has 2 rings (SSSR count). The number of benzene rings is 1. The molecule has 4 heteroatoms. The van der Waals surface area contributed by atoms with E-state index in [1.165, 1.54) is 5.56 Å². The molecule has 0 radical (unpaired) electrons. The normalized spacial score (nSPS) is 14.0. The van der Waals surface area contributed by atoms with Crippen molar-refractivity contribution in [2.75, 3.05) is 6.54 Å². The summed E-state index contributed by atoms with van der Waals surface area (Å²) in [5, 5.41) is 12.0. The van der Waals surface area contributed by atoms with Crippen molar-refractivity contribution < 1.29 is 4.42 Å². The summed E-state index contributed by atoms with van der Waals surface area (Å²) in [6, 6.07) is 10.5. The van der Waals surface area contributed by atoms with Gasteiger partial charge in [-0.05, 0) is 31.4 Å². The van der Waals surface area contributed by atoms with Crippen LogP contribution < -0.4 is 5.32 Å². The summed E-state index contributed by atoms with van der Waals surface area (Å²) in [4.78, 5) is 0. The maximum atomic E-state index is 5.96. The second kappa shape index (κ2) is 7.93. The molecule has 2 atom stereocenters. The van der Waals surface area contributed by atoms with Gasteiger partial charge in [0, 0.05) is 0 Å². The lowest BCUT2D eigenvalue weighted by atomic mass is 9.97. The van der Waals surface area contributed by atoms with Gasteiger partial charge in [-0.25, -0.2) is 0 Å². The second-order valence-electron chi connectivity index (χ2n) is 5.27. The SMILES string of the molecule is CCCNC(CC)c1nnc(C(CC)c2ccccc2)o1. The Morgan fingerprint density at radius 2 is 1.71 bits per heavy atom. The van der Waals surface area contributed by atoms with E-state index < -0.39 is 0 Å². The van der Waals surface area contributed by atoms with Crippen LogP contribution >= 0.6 is 0 Å². The molecule has 0 saturated carbocycles. The summed E-state index contributed by atoms with van der Waals surface area (Å²) >= 11 is 0. The van der Waals surface area contributed by atoms with Gasteiger partial charge >= 0.3 is 0 Å². The number of hydrogen-bond donors (Lipinski definition) is 1. The third-order valence-corrected chi connectivity index (χ3v) is 3.71. The van der Waals surface area contributed by atoms with Crippen LogP contribution in [-0.4, -0.2) is 16.7 Å². The minimum atomic E-state index is 0.152. The first-order valence-corrected chi connectivity index (χ1v) is 7.91. The summed E-state index contributed by atoms with van der Waals surface area (Å²) in [6.07, 6.45) is 2.99. The summed E-state index contributed by atoms with van der Waals surface area (Å²) in [5.74, 6) is 1.60. The van der Waals surface area contributed by atoms with Crippen LogP contribution in [0.1, 0.15) is 69.3 Å². The molecule has 4 nitrogen and oxygen atoms in total. The topological polar surface area (TPSA) is 51.0 Å². The maximum absolute atomic E-state index is 5.96. The second-order valence-corrected chi connectivity index (χ2v) is 5.27. The van der Waals surface area contributed by atoms with Crippen molar-refractivity contribution >= 4 is 0 Å². The Balaban J connectivity index is 2.17. The molecule has 0 fully saturated rings. The van der Waals surface area contributed by atoms with E-state index in [-0.39, 0.29) is 12.0 Å². The predicted octanol–water partition coefficient (Wildman–Crippen LogP) is 4.06. The Labute approximate surface area is 127 Å². The molecule has 0 bridgehead atoms. The molecule has 2 aromatic rings. The highest BCUT2D eigenvalue weighted by atomic mass is 16.4. The molecule has 0 saturated heterocycles. The van der Waals surface area contributed by atoms with E-state index in [4.69, 9.17) is 4.42 Å². The van der Waals surface area contributed by atoms with Gasteiger partial charge in [-0.2, -0.15) is 0 Å². The number of nitrogens with zero attached hydrogens (tertiary/aromatic N) is 2. The number of nitrogens with one attached hydrogen (secondary N) is 1. The summed E-state index contributed by atoms with van der Waals surface area (Å²) < 4.78 is 5.96. The average molecular weight is 287 g/mol. The zero-order valence-electron chi connectivity index (χ0n) is 13.2. The van der Waals surface area contributed by atoms with Crippen LogP contribution in [0.25, 0.3) is 0 Å². The van der Waals surface area contributed by atoms with Crippen molar-refractivity contribution in [2.45, 2.75) is 52.0 Å². The van der Waals surface area contributed by atoms with E-state index in [2.05, 4.69) is 48.4 Å². The largest absolute Gasteiger partial charge is 0.423 e. The Morgan fingerprint density at radius 3 is 2.33 bits per heavy atom. The quantitative estimate of drug-likeness (QED) is 0.795. The van der Waals surface area contributed by atoms with Gasteiger partial charge in [0.05, 0.1) is 12.0 Å². The number of rotatable bonds is 8. The zero-order chi connectivity index (χ0) is 15.1. The fourth-order valence-electron chi connectivity index (χ4n) is 2.49. The van der Waals surface area contributed by atoms with Crippen LogP contribution in [0.4, 0.5) is 0 Å². The summed E-state index contributed by atoms with van der Waals surface area (Å²) in [5.41, 5.74) is 1.23. The Bertz CT molecular complexity index is 524. The molecule has 114 valence electrons. The zero-order valence-corrected chi connectivity index (χ0v) is 13.2. The van der Waals surface area contributed by atoms with Crippen LogP contribution in [0, 0.1) is 0 Å². The first kappa shape index (κ1) is 15.7. The van der Waals surface area contributed by atoms with Crippen LogP contribution in [0.2, 0.25) is 0 Å². The molecule has 21 heavy (non-hydrogen) atoms. The first-order valence-electron chi connectivity index (χ1n) is 7.91. The van der Waals surface area contributed by atoms with Gasteiger partial charge in [0.1, 0.15) is 0 Å². The molecule has 0 spiro atoms. The fourth-order valence-corrected chi connectivity index (χ4v) is 2.49. The van der Waals surface area contributed by atoms with Gasteiger partial charge in [0.25, 0.3) is 0 Å². The third kappa shape index (κ3) is 3.91. The standard InChI is InChI=1S/C17H25N3O/c1-4-12-18-15(6-3)17-20-19-16(21-17)14(5-2)13-10-8-7-9-11-13/h7-11,14-15,18H,4-6,12H2,1-3H3. The summed E-state index contributed by atoms with van der Waals surface area (Å²) in [7, 11) is 0. The van der Waals surface area contributed by atoms with E-state index in [9.17, 15) is 0 Å². The molecular formula is C17H25N3O. The summed E-state index contributed by atoms with van der Waals surface area (Å²) in [6.45, 7) is 7.40. The van der Waals surface area contributed by atoms with Crippen LogP contribution in [-0.2, 0) is 0 Å². The monoisotopic (exact) mass is 287 g/mol. The van der Waals surface area contributed by atoms with Gasteiger partial charge in [0.15, 0.2) is 0 Å². The van der Waals surface area contributed by atoms with E-state index in [1.54, 1.807) is 0 Å². The Morgan fingerprint density at radius 1 is 1.00 bits per heavy atom. The van der Waals surface area contributed by atoms with Gasteiger partial charge in [-0.3, -0.25) is 0 Å². The molecule has 1 aromatic carbocycles. The Kier molecular flexibility index (Phi) is 5.93. The van der Waals surface area contributed by atoms with E-state index in [1.807, 2.05) is 18.2 Å². The van der Waals surface area contributed by atoms with E-state index in [0.29, 0.717) is 5.89 Å². The highest BCUT2D eigenvalue weighted by molar-refractivity contribution is 5.24. The average Bonchev–Trinajstić information content (AvgIpc) is 2.99. The molecule has 0 aliphatic heterocycles. The van der Waals surface area contributed by atoms with E-state index in [0.717, 1.165) is 31.7 Å². The lowest BCUT2D eigenvalue weighted by molar-refractivity contribution is 0.364. The van der Waals surface area contributed by atoms with Crippen molar-refractivity contribution in [1.82, 2.24) is 15.5 Å². The van der Waals surface area contributed by atoms with Crippen LogP contribution in [0.15, 0.2) is 34.7 Å². The lowest BCUT2D eigenvalue weighted by Gasteiger charge is -2.13. The van der Waals surface area contributed by atoms with Crippen LogP contribution in [0.5, 0.6) is 0 Å². The van der Waals surface area contributed by atoms with Crippen molar-refractivity contribution in [2.24, 2.45) is 0 Å². The highest BCUT2D eigenvalue weighted by Gasteiger charge is 2.22. The van der Waals surface area contributed by atoms with E-state index >= 15 is 0 Å². The highest BCUT2D eigenvalue weighted by Crippen LogP contribution is 2.28. The van der Waals surface area contributed by atoms with Crippen molar-refractivity contribution in [1.29, 1.82) is 0 Å². The van der Waals surface area contributed by atoms with Crippen molar-refractivity contribution in [3.05, 3.63) is 47.7 Å². The third-order valence-electron chi connectivity index (χ3n) is 3.71. The minimum absolute atomic E-state index is 0.152. The number of aromatic nitrogens is 2. The predicted molar refractivity (Wildman–Crippen MR) is 84.2 cm³/mol. The molecular weight excluding hydrogens is 262 g/mol. The van der Waals surface area contributed by atoms with Gasteiger partial charge in [0.2, 0.25) is 11.8 Å². The molecule has 0 aliphatic rings. The molecule has 1 aromatic heterocycles. The molecule has 0 aliphatic carbocycles. The molecule has 1 heterocycles. The first-order chi connectivity index (χ1) is 10.3. The van der Waals surface area contributed by atoms with Gasteiger partial charge < -0.3 is 9.73 Å². The fraction of sp³-hybridized carbons (Fsp3) is 0.529. The maximum Gasteiger partial charge on any atom is 0.233 e. The van der Waals surface area contributed by atoms with Gasteiger partial charge in [-0.1, -0.05) is 51.1 Å². The number of hydrogen-bond acceptors (Lipinski definition) is 4. The molecule has 1 N–H and O–H groups in total. The lowest BCUT2D eigenvalue weighted by Crippen LogP contribution is -2.21. The van der Waals surface area contributed by atoms with Crippen LogP contribution in [0.3, 0.4) is 0 Å². The minimum Gasteiger partial charge on any atom is -0.423 e. The van der Waals surface area contributed by atoms with Crippen molar-refractivity contribution in [3.63, 3.8) is 0 Å². The Hall–Kier alpha value is -1.68. The van der Waals surface area contributed by atoms with Crippen molar-refractivity contribution in [3.8, 4) is 0 Å². The molecule has 2 unspecified atom stereocenters. The molecule has 0 amide bonds. The smallest absolute Gasteiger partial charge is 0.233 e.